The molecule has 84 valence electrons. The van der Waals surface area contributed by atoms with Gasteiger partial charge in [0, 0.05) is 0 Å². The van der Waals surface area contributed by atoms with Crippen molar-refractivity contribution in [1.29, 1.82) is 0 Å². The van der Waals surface area contributed by atoms with Crippen LogP contribution in [0.3, 0.4) is 0 Å². The fourth-order valence-corrected chi connectivity index (χ4v) is 1.99. The van der Waals surface area contributed by atoms with E-state index >= 15 is 0 Å². The summed E-state index contributed by atoms with van der Waals surface area (Å²) in [7, 11) is -2.84. The molecule has 0 saturated carbocycles. The molecule has 6 heteroatoms. The van der Waals surface area contributed by atoms with E-state index in [0.717, 1.165) is 5.39 Å². The van der Waals surface area contributed by atoms with Gasteiger partial charge in [0.25, 0.3) is 0 Å². The average Bonchev–Trinajstić information content (AvgIpc) is 2.26. The zero-order valence-electron chi connectivity index (χ0n) is 9.51. The van der Waals surface area contributed by atoms with E-state index in [1.165, 1.54) is 12.1 Å². The molecule has 0 heterocycles. The van der Waals surface area contributed by atoms with Gasteiger partial charge in [0.15, 0.2) is 0 Å². The van der Waals surface area contributed by atoms with Crippen LogP contribution in [0.2, 0.25) is 0 Å². The molecule has 4 nitrogen and oxygen atoms in total. The van der Waals surface area contributed by atoms with Gasteiger partial charge in [-0.2, -0.15) is 0 Å². The minimum absolute atomic E-state index is 0. The van der Waals surface area contributed by atoms with Crippen molar-refractivity contribution < 1.29 is 47.3 Å². The molecular weight excluding hydrogens is 251 g/mol. The number of ether oxygens (including phenoxy) is 1. The molecular formula is C11H9NaO4S. The zero-order chi connectivity index (χ0) is 11.8. The van der Waals surface area contributed by atoms with Crippen molar-refractivity contribution in [3.63, 3.8) is 0 Å². The van der Waals surface area contributed by atoms with Crippen LogP contribution in [0.4, 0.5) is 0 Å². The summed E-state index contributed by atoms with van der Waals surface area (Å²) in [6.07, 6.45) is 0. The maximum absolute atomic E-state index is 10.8. The Morgan fingerprint density at radius 1 is 1.06 bits per heavy atom. The van der Waals surface area contributed by atoms with E-state index in [2.05, 4.69) is 0 Å². The molecule has 0 atom stereocenters. The van der Waals surface area contributed by atoms with Gasteiger partial charge in [-0.05, 0) is 35.0 Å². The second kappa shape index (κ2) is 5.37. The SMILES string of the molecule is COc1ccc2cc(S(=O)(=O)[O-])ccc2c1.[Na+]. The predicted molar refractivity (Wildman–Crippen MR) is 58.5 cm³/mol. The standard InChI is InChI=1S/C11H10O4S.Na/c1-15-10-4-2-9-7-11(16(12,13)14)5-3-8(9)6-10;/h2-7H,1H3,(H,12,13,14);/q;+1/p-1. The third-order valence-corrected chi connectivity index (χ3v) is 3.14. The van der Waals surface area contributed by atoms with Crippen LogP contribution in [0.5, 0.6) is 5.75 Å². The van der Waals surface area contributed by atoms with E-state index < -0.39 is 10.1 Å². The van der Waals surface area contributed by atoms with Crippen LogP contribution in [0, 0.1) is 0 Å². The maximum Gasteiger partial charge on any atom is 1.00 e. The number of methoxy groups -OCH3 is 1. The quantitative estimate of drug-likeness (QED) is 0.500. The smallest absolute Gasteiger partial charge is 0.744 e. The van der Waals surface area contributed by atoms with E-state index in [1.54, 1.807) is 31.4 Å². The maximum atomic E-state index is 10.8. The fourth-order valence-electron chi connectivity index (χ4n) is 1.48. The van der Waals surface area contributed by atoms with E-state index in [0.29, 0.717) is 11.1 Å². The van der Waals surface area contributed by atoms with Crippen molar-refractivity contribution in [2.24, 2.45) is 0 Å². The Balaban J connectivity index is 0.00000144. The van der Waals surface area contributed by atoms with Crippen molar-refractivity contribution >= 4 is 20.9 Å². The molecule has 0 fully saturated rings. The number of rotatable bonds is 2. The summed E-state index contributed by atoms with van der Waals surface area (Å²) in [4.78, 5) is -0.217. The van der Waals surface area contributed by atoms with Crippen LogP contribution >= 0.6 is 0 Å². The normalized spacial score (nSPS) is 10.9. The molecule has 0 aliphatic rings. The average molecular weight is 260 g/mol. The van der Waals surface area contributed by atoms with Crippen molar-refractivity contribution in [2.75, 3.05) is 7.11 Å². The van der Waals surface area contributed by atoms with Crippen molar-refractivity contribution in [2.45, 2.75) is 4.90 Å². The molecule has 2 aromatic carbocycles. The summed E-state index contributed by atoms with van der Waals surface area (Å²) in [6, 6.07) is 9.44. The van der Waals surface area contributed by atoms with Crippen LogP contribution in [0.15, 0.2) is 41.3 Å². The number of fused-ring (bicyclic) bond motifs is 1. The Morgan fingerprint density at radius 3 is 2.24 bits per heavy atom. The fraction of sp³-hybridized carbons (Fsp3) is 0.0909. The van der Waals surface area contributed by atoms with E-state index in [4.69, 9.17) is 4.74 Å². The molecule has 0 amide bonds. The monoisotopic (exact) mass is 260 g/mol. The summed E-state index contributed by atoms with van der Waals surface area (Å²) in [6.45, 7) is 0. The minimum atomic E-state index is -4.39. The molecule has 0 aliphatic carbocycles. The van der Waals surface area contributed by atoms with Gasteiger partial charge in [-0.3, -0.25) is 0 Å². The predicted octanol–water partition coefficient (Wildman–Crippen LogP) is -1.24. The molecule has 0 unspecified atom stereocenters. The number of benzene rings is 2. The van der Waals surface area contributed by atoms with Gasteiger partial charge in [-0.1, -0.05) is 12.1 Å². The van der Waals surface area contributed by atoms with E-state index in [-0.39, 0.29) is 34.5 Å². The second-order valence-electron chi connectivity index (χ2n) is 3.33. The Bertz CT molecular complexity index is 637. The summed E-state index contributed by atoms with van der Waals surface area (Å²) in [5.41, 5.74) is 0. The van der Waals surface area contributed by atoms with Gasteiger partial charge in [0.05, 0.1) is 12.0 Å². The van der Waals surface area contributed by atoms with Gasteiger partial charge in [0.2, 0.25) is 0 Å². The van der Waals surface area contributed by atoms with Gasteiger partial charge < -0.3 is 9.29 Å². The largest absolute Gasteiger partial charge is 1.00 e. The van der Waals surface area contributed by atoms with Crippen molar-refractivity contribution in [3.8, 4) is 5.75 Å². The molecule has 17 heavy (non-hydrogen) atoms. The van der Waals surface area contributed by atoms with Gasteiger partial charge in [-0.15, -0.1) is 0 Å². The first-order valence-corrected chi connectivity index (χ1v) is 5.95. The van der Waals surface area contributed by atoms with E-state index in [1.807, 2.05) is 0 Å². The molecule has 2 aromatic rings. The summed E-state index contributed by atoms with van der Waals surface area (Å²) in [5.74, 6) is 0.685. The molecule has 2 rings (SSSR count). The number of hydrogen-bond acceptors (Lipinski definition) is 4. The third-order valence-electron chi connectivity index (χ3n) is 2.31. The Kier molecular flexibility index (Phi) is 4.57. The second-order valence-corrected chi connectivity index (χ2v) is 4.71. The first-order chi connectivity index (χ1) is 7.50. The molecule has 0 bridgehead atoms. The molecule has 0 spiro atoms. The first-order valence-electron chi connectivity index (χ1n) is 4.54. The topological polar surface area (TPSA) is 66.4 Å². The zero-order valence-corrected chi connectivity index (χ0v) is 12.3. The summed E-state index contributed by atoms with van der Waals surface area (Å²) < 4.78 is 37.5. The van der Waals surface area contributed by atoms with Gasteiger partial charge >= 0.3 is 29.6 Å². The molecule has 0 aromatic heterocycles. The number of hydrogen-bond donors (Lipinski definition) is 0. The molecule has 0 saturated heterocycles. The van der Waals surface area contributed by atoms with Crippen LogP contribution < -0.4 is 34.3 Å². The van der Waals surface area contributed by atoms with Crippen LogP contribution in [0.1, 0.15) is 0 Å². The molecule has 0 N–H and O–H groups in total. The van der Waals surface area contributed by atoms with Crippen molar-refractivity contribution in [3.05, 3.63) is 36.4 Å². The third kappa shape index (κ3) is 3.20. The summed E-state index contributed by atoms with van der Waals surface area (Å²) in [5, 5.41) is 1.52. The molecule has 0 aliphatic heterocycles. The van der Waals surface area contributed by atoms with Crippen LogP contribution in [-0.2, 0) is 10.1 Å². The molecule has 0 radical (unpaired) electrons. The minimum Gasteiger partial charge on any atom is -0.744 e. The first kappa shape index (κ1) is 14.5. The summed E-state index contributed by atoms with van der Waals surface area (Å²) >= 11 is 0. The Hall–Kier alpha value is -0.590. The van der Waals surface area contributed by atoms with Crippen molar-refractivity contribution in [1.82, 2.24) is 0 Å². The van der Waals surface area contributed by atoms with Gasteiger partial charge in [0.1, 0.15) is 15.9 Å². The van der Waals surface area contributed by atoms with Crippen LogP contribution in [0.25, 0.3) is 10.8 Å². The Labute approximate surface area is 122 Å². The van der Waals surface area contributed by atoms with E-state index in [9.17, 15) is 13.0 Å². The Morgan fingerprint density at radius 2 is 1.65 bits per heavy atom. The van der Waals surface area contributed by atoms with Gasteiger partial charge in [-0.25, -0.2) is 8.42 Å². The van der Waals surface area contributed by atoms with Crippen LogP contribution in [-0.4, -0.2) is 20.1 Å².